The van der Waals surface area contributed by atoms with Gasteiger partial charge in [-0.3, -0.25) is 9.69 Å². The summed E-state index contributed by atoms with van der Waals surface area (Å²) in [4.78, 5) is 14.6. The Hall–Kier alpha value is -0.630. The molecule has 1 aliphatic carbocycles. The minimum Gasteiger partial charge on any atom is -0.299 e. The third-order valence-electron chi connectivity index (χ3n) is 4.31. The average Bonchev–Trinajstić information content (AvgIpc) is 2.37. The lowest BCUT2D eigenvalue weighted by atomic mass is 9.79. The van der Waals surface area contributed by atoms with Crippen molar-refractivity contribution < 1.29 is 4.79 Å². The summed E-state index contributed by atoms with van der Waals surface area (Å²) in [6, 6.07) is 0.535. The molecule has 96 valence electrons. The number of likely N-dealkylation sites (tertiary alicyclic amines) is 1. The summed E-state index contributed by atoms with van der Waals surface area (Å²) in [5, 5.41) is 0. The molecule has 2 heteroatoms. The molecule has 0 aromatic carbocycles. The van der Waals surface area contributed by atoms with E-state index in [0.717, 1.165) is 25.8 Å². The number of ketones is 1. The Balaban J connectivity index is 2.01. The van der Waals surface area contributed by atoms with Gasteiger partial charge in [-0.1, -0.05) is 25.0 Å². The van der Waals surface area contributed by atoms with Gasteiger partial charge >= 0.3 is 0 Å². The first kappa shape index (κ1) is 12.8. The maximum Gasteiger partial charge on any atom is 0.137 e. The van der Waals surface area contributed by atoms with E-state index in [0.29, 0.717) is 17.7 Å². The van der Waals surface area contributed by atoms with E-state index in [-0.39, 0.29) is 0 Å². The van der Waals surface area contributed by atoms with E-state index in [1.54, 1.807) is 0 Å². The third kappa shape index (κ3) is 3.19. The van der Waals surface area contributed by atoms with Crippen molar-refractivity contribution in [3.63, 3.8) is 0 Å². The molecule has 2 nitrogen and oxygen atoms in total. The molecule has 2 aliphatic rings. The molecule has 0 aromatic rings. The highest BCUT2D eigenvalue weighted by molar-refractivity contribution is 5.82. The zero-order valence-corrected chi connectivity index (χ0v) is 11.0. The van der Waals surface area contributed by atoms with Gasteiger partial charge in [-0.2, -0.15) is 0 Å². The zero-order chi connectivity index (χ0) is 12.1. The van der Waals surface area contributed by atoms with E-state index in [4.69, 9.17) is 0 Å². The van der Waals surface area contributed by atoms with Crippen LogP contribution in [0.15, 0.2) is 12.2 Å². The fourth-order valence-corrected chi connectivity index (χ4v) is 3.36. The smallest absolute Gasteiger partial charge is 0.137 e. The first-order valence-corrected chi connectivity index (χ1v) is 7.21. The van der Waals surface area contributed by atoms with Gasteiger partial charge in [0.1, 0.15) is 5.78 Å². The van der Waals surface area contributed by atoms with Crippen LogP contribution in [0.3, 0.4) is 0 Å². The van der Waals surface area contributed by atoms with E-state index in [1.165, 1.54) is 32.2 Å². The van der Waals surface area contributed by atoms with Gasteiger partial charge < -0.3 is 0 Å². The molecular formula is C15H25NO. The van der Waals surface area contributed by atoms with E-state index >= 15 is 0 Å². The first-order valence-electron chi connectivity index (χ1n) is 7.21. The van der Waals surface area contributed by atoms with Gasteiger partial charge in [0.25, 0.3) is 0 Å². The van der Waals surface area contributed by atoms with Gasteiger partial charge in [0, 0.05) is 24.9 Å². The topological polar surface area (TPSA) is 20.3 Å². The van der Waals surface area contributed by atoms with Crippen LogP contribution in [0.25, 0.3) is 0 Å². The van der Waals surface area contributed by atoms with Crippen LogP contribution >= 0.6 is 0 Å². The van der Waals surface area contributed by atoms with Crippen molar-refractivity contribution in [3.05, 3.63) is 12.2 Å². The number of piperidine rings is 1. The van der Waals surface area contributed by atoms with Crippen molar-refractivity contribution in [2.75, 3.05) is 13.1 Å². The van der Waals surface area contributed by atoms with Crippen molar-refractivity contribution in [2.45, 2.75) is 57.9 Å². The van der Waals surface area contributed by atoms with Crippen LogP contribution in [0.1, 0.15) is 51.9 Å². The van der Waals surface area contributed by atoms with Crippen LogP contribution in [0.4, 0.5) is 0 Å². The second-order valence-electron chi connectivity index (χ2n) is 5.45. The van der Waals surface area contributed by atoms with E-state index < -0.39 is 0 Å². The number of allylic oxidation sites excluding steroid dienone is 1. The molecule has 17 heavy (non-hydrogen) atoms. The molecule has 0 aromatic heterocycles. The largest absolute Gasteiger partial charge is 0.299 e. The molecule has 0 N–H and O–H groups in total. The highest BCUT2D eigenvalue weighted by Gasteiger charge is 2.34. The van der Waals surface area contributed by atoms with Gasteiger partial charge in [0.05, 0.1) is 0 Å². The fourth-order valence-electron chi connectivity index (χ4n) is 3.36. The predicted octanol–water partition coefficient (Wildman–Crippen LogP) is 3.18. The lowest BCUT2D eigenvalue weighted by Gasteiger charge is -2.40. The lowest BCUT2D eigenvalue weighted by molar-refractivity contribution is -0.127. The number of carbonyl (C=O) groups is 1. The van der Waals surface area contributed by atoms with Crippen LogP contribution in [-0.2, 0) is 4.79 Å². The standard InChI is InChI=1S/C15H25NO/c1-2-3-11-16-12-7-6-9-14(16)13-8-4-5-10-15(13)17/h2-3,13-14H,4-12H2,1H3. The maximum atomic E-state index is 12.1. The number of Topliss-reactive ketones (excluding diaryl/α,β-unsaturated/α-hetero) is 1. The van der Waals surface area contributed by atoms with Crippen molar-refractivity contribution in [1.29, 1.82) is 0 Å². The van der Waals surface area contributed by atoms with E-state index in [9.17, 15) is 4.79 Å². The minimum atomic E-state index is 0.342. The molecule has 0 amide bonds. The molecule has 1 aliphatic heterocycles. The summed E-state index contributed by atoms with van der Waals surface area (Å²) in [7, 11) is 0. The van der Waals surface area contributed by atoms with Gasteiger partial charge in [-0.15, -0.1) is 0 Å². The molecule has 1 saturated heterocycles. The summed E-state index contributed by atoms with van der Waals surface area (Å²) in [6.07, 6.45) is 12.5. The number of nitrogens with zero attached hydrogens (tertiary/aromatic N) is 1. The third-order valence-corrected chi connectivity index (χ3v) is 4.31. The Bertz CT molecular complexity index is 285. The van der Waals surface area contributed by atoms with Crippen LogP contribution < -0.4 is 0 Å². The van der Waals surface area contributed by atoms with Gasteiger partial charge in [-0.05, 0) is 39.2 Å². The average molecular weight is 235 g/mol. The highest BCUT2D eigenvalue weighted by atomic mass is 16.1. The molecule has 2 atom stereocenters. The summed E-state index contributed by atoms with van der Waals surface area (Å²) in [6.45, 7) is 4.29. The van der Waals surface area contributed by atoms with Crippen molar-refractivity contribution in [1.82, 2.24) is 4.90 Å². The Labute approximate surface area is 105 Å². The van der Waals surface area contributed by atoms with Gasteiger partial charge in [-0.25, -0.2) is 0 Å². The fraction of sp³-hybridized carbons (Fsp3) is 0.800. The normalized spacial score (nSPS) is 32.2. The van der Waals surface area contributed by atoms with Crippen LogP contribution in [0.2, 0.25) is 0 Å². The summed E-state index contributed by atoms with van der Waals surface area (Å²) >= 11 is 0. The Morgan fingerprint density at radius 3 is 2.82 bits per heavy atom. The summed E-state index contributed by atoms with van der Waals surface area (Å²) < 4.78 is 0. The number of carbonyl (C=O) groups excluding carboxylic acids is 1. The van der Waals surface area contributed by atoms with Gasteiger partial charge in [0.2, 0.25) is 0 Å². The maximum absolute atomic E-state index is 12.1. The Kier molecular flexibility index (Phi) is 4.78. The van der Waals surface area contributed by atoms with Gasteiger partial charge in [0.15, 0.2) is 0 Å². The molecule has 0 radical (unpaired) electrons. The molecule has 2 unspecified atom stereocenters. The quantitative estimate of drug-likeness (QED) is 0.700. The van der Waals surface area contributed by atoms with Crippen molar-refractivity contribution >= 4 is 5.78 Å². The second kappa shape index (κ2) is 6.34. The summed E-state index contributed by atoms with van der Waals surface area (Å²) in [5.41, 5.74) is 0. The molecule has 2 fully saturated rings. The molecule has 0 bridgehead atoms. The lowest BCUT2D eigenvalue weighted by Crippen LogP contribution is -2.47. The number of rotatable bonds is 3. The number of hydrogen-bond acceptors (Lipinski definition) is 2. The highest BCUT2D eigenvalue weighted by Crippen LogP contribution is 2.31. The monoisotopic (exact) mass is 235 g/mol. The van der Waals surface area contributed by atoms with Crippen LogP contribution in [0.5, 0.6) is 0 Å². The van der Waals surface area contributed by atoms with E-state index in [2.05, 4.69) is 24.0 Å². The molecular weight excluding hydrogens is 210 g/mol. The van der Waals surface area contributed by atoms with Crippen molar-refractivity contribution in [3.8, 4) is 0 Å². The molecule has 0 spiro atoms. The Morgan fingerprint density at radius 1 is 1.24 bits per heavy atom. The number of hydrogen-bond donors (Lipinski definition) is 0. The minimum absolute atomic E-state index is 0.342. The second-order valence-corrected chi connectivity index (χ2v) is 5.45. The van der Waals surface area contributed by atoms with Crippen LogP contribution in [0, 0.1) is 5.92 Å². The first-order chi connectivity index (χ1) is 8.33. The molecule has 2 rings (SSSR count). The zero-order valence-electron chi connectivity index (χ0n) is 11.0. The van der Waals surface area contributed by atoms with Crippen LogP contribution in [-0.4, -0.2) is 29.8 Å². The molecule has 1 heterocycles. The predicted molar refractivity (Wildman–Crippen MR) is 71.0 cm³/mol. The molecule has 1 saturated carbocycles. The summed E-state index contributed by atoms with van der Waals surface area (Å²) in [5.74, 6) is 0.878. The van der Waals surface area contributed by atoms with Crippen molar-refractivity contribution in [2.24, 2.45) is 5.92 Å². The Morgan fingerprint density at radius 2 is 2.06 bits per heavy atom. The van der Waals surface area contributed by atoms with E-state index in [1.807, 2.05) is 0 Å². The SMILES string of the molecule is CC=CCN1CCCCC1C1CCCCC1=O.